The van der Waals surface area contributed by atoms with E-state index < -0.39 is 0 Å². The van der Waals surface area contributed by atoms with Gasteiger partial charge in [-0.15, -0.1) is 0 Å². The molecule has 0 spiro atoms. The van der Waals surface area contributed by atoms with Crippen molar-refractivity contribution >= 4 is 0 Å². The number of nitrogens with zero attached hydrogens (tertiary/aromatic N) is 5. The van der Waals surface area contributed by atoms with Gasteiger partial charge in [-0.25, -0.2) is 4.98 Å². The molecule has 0 fully saturated rings. The second-order valence-electron chi connectivity index (χ2n) is 4.11. The number of rotatable bonds is 6. The molecule has 0 amide bonds. The van der Waals surface area contributed by atoms with Crippen LogP contribution in [0.3, 0.4) is 0 Å². The van der Waals surface area contributed by atoms with Crippen LogP contribution in [0.1, 0.15) is 11.4 Å². The molecule has 17 heavy (non-hydrogen) atoms. The van der Waals surface area contributed by atoms with E-state index in [9.17, 15) is 0 Å². The molecule has 92 valence electrons. The van der Waals surface area contributed by atoms with Gasteiger partial charge in [0, 0.05) is 33.3 Å². The summed E-state index contributed by atoms with van der Waals surface area (Å²) in [6, 6.07) is 0. The molecule has 0 bridgehead atoms. The fourth-order valence-corrected chi connectivity index (χ4v) is 1.66. The molecule has 0 saturated carbocycles. The molecule has 2 aromatic rings. The molecule has 0 aliphatic carbocycles. The minimum absolute atomic E-state index is 0.869. The summed E-state index contributed by atoms with van der Waals surface area (Å²) in [6.45, 7) is 1.86. The van der Waals surface area contributed by atoms with Gasteiger partial charge in [0.05, 0.1) is 6.20 Å². The highest BCUT2D eigenvalue weighted by molar-refractivity contribution is 5.03. The average molecular weight is 234 g/mol. The van der Waals surface area contributed by atoms with E-state index in [-0.39, 0.29) is 0 Å². The van der Waals surface area contributed by atoms with Crippen molar-refractivity contribution in [3.8, 4) is 0 Å². The molecule has 1 N–H and O–H groups in total. The van der Waals surface area contributed by atoms with E-state index in [1.165, 1.54) is 5.56 Å². The molecule has 0 aromatic carbocycles. The highest BCUT2D eigenvalue weighted by atomic mass is 15.3. The Labute approximate surface area is 101 Å². The first-order valence-electron chi connectivity index (χ1n) is 5.77. The summed E-state index contributed by atoms with van der Waals surface area (Å²) >= 11 is 0. The lowest BCUT2D eigenvalue weighted by Crippen LogP contribution is -2.20. The predicted octanol–water partition coefficient (Wildman–Crippen LogP) is -0.0766. The summed E-state index contributed by atoms with van der Waals surface area (Å²) in [6.07, 6.45) is 7.55. The molecular formula is C11H18N6. The fourth-order valence-electron chi connectivity index (χ4n) is 1.66. The van der Waals surface area contributed by atoms with Gasteiger partial charge in [0.1, 0.15) is 6.33 Å². The molecule has 0 unspecified atom stereocenters. The molecule has 2 heterocycles. The monoisotopic (exact) mass is 234 g/mol. The van der Waals surface area contributed by atoms with E-state index >= 15 is 0 Å². The van der Waals surface area contributed by atoms with Crippen LogP contribution in [0, 0.1) is 0 Å². The van der Waals surface area contributed by atoms with Crippen molar-refractivity contribution in [2.24, 2.45) is 14.1 Å². The first kappa shape index (κ1) is 11.8. The van der Waals surface area contributed by atoms with Crippen LogP contribution in [-0.4, -0.2) is 37.6 Å². The number of hydrogen-bond acceptors (Lipinski definition) is 4. The van der Waals surface area contributed by atoms with Crippen molar-refractivity contribution in [1.82, 2.24) is 29.9 Å². The maximum absolute atomic E-state index is 4.22. The molecule has 2 aromatic heterocycles. The third-order valence-corrected chi connectivity index (χ3v) is 2.52. The zero-order valence-corrected chi connectivity index (χ0v) is 10.3. The van der Waals surface area contributed by atoms with Crippen molar-refractivity contribution < 1.29 is 0 Å². The van der Waals surface area contributed by atoms with Crippen LogP contribution in [-0.2, 0) is 26.9 Å². The van der Waals surface area contributed by atoms with Crippen molar-refractivity contribution in [3.05, 3.63) is 30.1 Å². The highest BCUT2D eigenvalue weighted by Gasteiger charge is 1.99. The van der Waals surface area contributed by atoms with Gasteiger partial charge in [-0.1, -0.05) is 0 Å². The fraction of sp³-hybridized carbons (Fsp3) is 0.545. The third-order valence-electron chi connectivity index (χ3n) is 2.52. The highest BCUT2D eigenvalue weighted by Crippen LogP contribution is 1.96. The summed E-state index contributed by atoms with van der Waals surface area (Å²) in [5.41, 5.74) is 1.26. The van der Waals surface area contributed by atoms with E-state index in [2.05, 4.69) is 20.5 Å². The van der Waals surface area contributed by atoms with Crippen molar-refractivity contribution in [3.63, 3.8) is 0 Å². The van der Waals surface area contributed by atoms with Crippen LogP contribution in [0.4, 0.5) is 0 Å². The predicted molar refractivity (Wildman–Crippen MR) is 64.5 cm³/mol. The first-order valence-corrected chi connectivity index (χ1v) is 5.77. The topological polar surface area (TPSA) is 60.6 Å². The lowest BCUT2D eigenvalue weighted by Gasteiger charge is -2.01. The Hall–Kier alpha value is -1.69. The minimum atomic E-state index is 0.869. The second-order valence-corrected chi connectivity index (χ2v) is 4.11. The zero-order chi connectivity index (χ0) is 12.1. The lowest BCUT2D eigenvalue weighted by molar-refractivity contribution is 0.658. The van der Waals surface area contributed by atoms with Gasteiger partial charge in [-0.3, -0.25) is 9.36 Å². The lowest BCUT2D eigenvalue weighted by atomic mass is 10.2. The van der Waals surface area contributed by atoms with Crippen LogP contribution in [0.2, 0.25) is 0 Å². The smallest absolute Gasteiger partial charge is 0.151 e. The maximum atomic E-state index is 4.22. The minimum Gasteiger partial charge on any atom is -0.316 e. The molecular weight excluding hydrogens is 216 g/mol. The quantitative estimate of drug-likeness (QED) is 0.710. The van der Waals surface area contributed by atoms with E-state index in [1.807, 2.05) is 31.2 Å². The van der Waals surface area contributed by atoms with E-state index in [0.29, 0.717) is 0 Å². The van der Waals surface area contributed by atoms with E-state index in [4.69, 9.17) is 0 Å². The summed E-state index contributed by atoms with van der Waals surface area (Å²) in [5.74, 6) is 0.890. The largest absolute Gasteiger partial charge is 0.316 e. The normalized spacial score (nSPS) is 10.9. The van der Waals surface area contributed by atoms with Crippen LogP contribution in [0.15, 0.2) is 18.7 Å². The molecule has 0 aliphatic heterocycles. The Morgan fingerprint density at radius 2 is 2.00 bits per heavy atom. The summed E-state index contributed by atoms with van der Waals surface area (Å²) in [4.78, 5) is 4.17. The Kier molecular flexibility index (Phi) is 3.87. The Morgan fingerprint density at radius 3 is 2.65 bits per heavy atom. The third kappa shape index (κ3) is 3.67. The summed E-state index contributed by atoms with van der Waals surface area (Å²) in [7, 11) is 3.82. The number of aryl methyl sites for hydroxylation is 2. The Balaban J connectivity index is 1.60. The van der Waals surface area contributed by atoms with Crippen LogP contribution >= 0.6 is 0 Å². The van der Waals surface area contributed by atoms with Crippen molar-refractivity contribution in [2.45, 2.75) is 12.8 Å². The molecule has 0 atom stereocenters. The van der Waals surface area contributed by atoms with Gasteiger partial charge < -0.3 is 5.32 Å². The van der Waals surface area contributed by atoms with Crippen molar-refractivity contribution in [2.75, 3.05) is 13.1 Å². The number of hydrogen-bond donors (Lipinski definition) is 1. The van der Waals surface area contributed by atoms with Gasteiger partial charge in [0.2, 0.25) is 0 Å². The molecule has 2 rings (SSSR count). The zero-order valence-electron chi connectivity index (χ0n) is 10.3. The number of aromatic nitrogens is 5. The van der Waals surface area contributed by atoms with Gasteiger partial charge in [0.25, 0.3) is 0 Å². The van der Waals surface area contributed by atoms with Crippen LogP contribution < -0.4 is 5.32 Å². The molecule has 6 nitrogen and oxygen atoms in total. The second kappa shape index (κ2) is 5.58. The van der Waals surface area contributed by atoms with Crippen molar-refractivity contribution in [1.29, 1.82) is 0 Å². The molecule has 0 aliphatic rings. The van der Waals surface area contributed by atoms with Crippen LogP contribution in [0.25, 0.3) is 0 Å². The first-order chi connectivity index (χ1) is 8.24. The maximum Gasteiger partial charge on any atom is 0.151 e. The molecule has 0 saturated heterocycles. The summed E-state index contributed by atoms with van der Waals surface area (Å²) in [5, 5.41) is 11.7. The Morgan fingerprint density at radius 1 is 1.18 bits per heavy atom. The standard InChI is InChI=1S/C11H18N6/c1-16-8-10(7-14-16)3-5-12-6-4-11-13-9-17(2)15-11/h7-9,12H,3-6H2,1-2H3. The van der Waals surface area contributed by atoms with E-state index in [0.717, 1.165) is 31.8 Å². The number of nitrogens with one attached hydrogen (secondary N) is 1. The summed E-state index contributed by atoms with van der Waals surface area (Å²) < 4.78 is 3.55. The Bertz CT molecular complexity index is 416. The van der Waals surface area contributed by atoms with Crippen LogP contribution in [0.5, 0.6) is 0 Å². The SMILES string of the molecule is Cn1cc(CCNCCc2ncn(C)n2)cn1. The van der Waals surface area contributed by atoms with Gasteiger partial charge in [0.15, 0.2) is 5.82 Å². The van der Waals surface area contributed by atoms with Gasteiger partial charge in [-0.05, 0) is 18.5 Å². The van der Waals surface area contributed by atoms with Gasteiger partial charge in [-0.2, -0.15) is 10.2 Å². The van der Waals surface area contributed by atoms with E-state index in [1.54, 1.807) is 11.0 Å². The average Bonchev–Trinajstić information content (AvgIpc) is 2.88. The van der Waals surface area contributed by atoms with Gasteiger partial charge >= 0.3 is 0 Å². The molecule has 6 heteroatoms. The molecule has 0 radical (unpaired) electrons.